The number of hydrogen-bond acceptors (Lipinski definition) is 3. The van der Waals surface area contributed by atoms with Crippen LogP contribution >= 0.6 is 0 Å². The molecule has 1 heterocycles. The van der Waals surface area contributed by atoms with E-state index in [1.54, 1.807) is 18.2 Å². The Morgan fingerprint density at radius 2 is 1.95 bits per heavy atom. The van der Waals surface area contributed by atoms with Gasteiger partial charge in [0.25, 0.3) is 0 Å². The Bertz CT molecular complexity index is 643. The van der Waals surface area contributed by atoms with Crippen molar-refractivity contribution in [1.29, 1.82) is 5.26 Å². The van der Waals surface area contributed by atoms with E-state index >= 15 is 0 Å². The van der Waals surface area contributed by atoms with Gasteiger partial charge in [-0.2, -0.15) is 5.26 Å². The second-order valence-corrected chi connectivity index (χ2v) is 4.40. The minimum Gasteiger partial charge on any atom is -0.382 e. The molecule has 0 atom stereocenters. The van der Waals surface area contributed by atoms with Gasteiger partial charge in [0.05, 0.1) is 23.0 Å². The fraction of sp³-hybridized carbons (Fsp3) is 0.133. The second kappa shape index (κ2) is 4.62. The molecule has 0 aliphatic carbocycles. The van der Waals surface area contributed by atoms with Gasteiger partial charge in [0, 0.05) is 18.8 Å². The summed E-state index contributed by atoms with van der Waals surface area (Å²) in [6.45, 7) is 1.60. The maximum Gasteiger partial charge on any atom is 0.123 e. The van der Waals surface area contributed by atoms with E-state index in [4.69, 9.17) is 5.26 Å². The van der Waals surface area contributed by atoms with Crippen molar-refractivity contribution < 1.29 is 4.39 Å². The molecule has 0 radical (unpaired) electrons. The van der Waals surface area contributed by atoms with Crippen LogP contribution in [0.1, 0.15) is 5.56 Å². The van der Waals surface area contributed by atoms with Gasteiger partial charge in [-0.05, 0) is 42.5 Å². The van der Waals surface area contributed by atoms with Crippen LogP contribution in [0.15, 0.2) is 42.5 Å². The lowest BCUT2D eigenvalue weighted by atomic mass is 10.1. The molecule has 94 valence electrons. The maximum absolute atomic E-state index is 13.0. The van der Waals surface area contributed by atoms with Crippen molar-refractivity contribution in [2.24, 2.45) is 0 Å². The van der Waals surface area contributed by atoms with Gasteiger partial charge in [-0.3, -0.25) is 0 Å². The van der Waals surface area contributed by atoms with Crippen LogP contribution in [-0.2, 0) is 0 Å². The van der Waals surface area contributed by atoms with Gasteiger partial charge in [-0.1, -0.05) is 0 Å². The van der Waals surface area contributed by atoms with Gasteiger partial charge in [-0.15, -0.1) is 0 Å². The first-order valence-electron chi connectivity index (χ1n) is 6.09. The van der Waals surface area contributed by atoms with E-state index in [9.17, 15) is 4.39 Å². The molecule has 0 fully saturated rings. The van der Waals surface area contributed by atoms with Crippen LogP contribution < -0.4 is 10.2 Å². The molecule has 2 aromatic carbocycles. The van der Waals surface area contributed by atoms with Crippen molar-refractivity contribution in [1.82, 2.24) is 0 Å². The topological polar surface area (TPSA) is 39.1 Å². The average Bonchev–Trinajstić information content (AvgIpc) is 2.47. The van der Waals surface area contributed by atoms with Crippen molar-refractivity contribution in [2.45, 2.75) is 0 Å². The van der Waals surface area contributed by atoms with Crippen molar-refractivity contribution in [3.63, 3.8) is 0 Å². The van der Waals surface area contributed by atoms with E-state index in [1.807, 2.05) is 12.1 Å². The van der Waals surface area contributed by atoms with Gasteiger partial charge < -0.3 is 10.2 Å². The Kier molecular flexibility index (Phi) is 2.81. The zero-order valence-corrected chi connectivity index (χ0v) is 10.2. The van der Waals surface area contributed by atoms with E-state index in [0.717, 1.165) is 30.2 Å². The molecule has 0 amide bonds. The van der Waals surface area contributed by atoms with E-state index < -0.39 is 0 Å². The van der Waals surface area contributed by atoms with Crippen LogP contribution in [0, 0.1) is 17.1 Å². The SMILES string of the molecule is N#Cc1ccc2c(c1)NCCN2c1ccc(F)cc1. The van der Waals surface area contributed by atoms with Crippen LogP contribution in [0.25, 0.3) is 0 Å². The van der Waals surface area contributed by atoms with Crippen LogP contribution in [0.2, 0.25) is 0 Å². The average molecular weight is 253 g/mol. The molecule has 0 unspecified atom stereocenters. The van der Waals surface area contributed by atoms with Crippen molar-refractivity contribution in [3.05, 3.63) is 53.8 Å². The Morgan fingerprint density at radius 3 is 2.68 bits per heavy atom. The third kappa shape index (κ3) is 2.11. The zero-order chi connectivity index (χ0) is 13.2. The number of nitriles is 1. The molecule has 19 heavy (non-hydrogen) atoms. The largest absolute Gasteiger partial charge is 0.382 e. The highest BCUT2D eigenvalue weighted by molar-refractivity contribution is 5.79. The molecule has 3 rings (SSSR count). The van der Waals surface area contributed by atoms with Crippen LogP contribution in [-0.4, -0.2) is 13.1 Å². The molecule has 1 N–H and O–H groups in total. The summed E-state index contributed by atoms with van der Waals surface area (Å²) in [5.41, 5.74) is 3.53. The molecule has 4 heteroatoms. The molecule has 3 nitrogen and oxygen atoms in total. The molecule has 2 aromatic rings. The Hall–Kier alpha value is -2.54. The number of anilines is 3. The summed E-state index contributed by atoms with van der Waals surface area (Å²) in [6, 6.07) is 14.1. The fourth-order valence-electron chi connectivity index (χ4n) is 2.29. The minimum atomic E-state index is -0.237. The van der Waals surface area contributed by atoms with Gasteiger partial charge in [-0.25, -0.2) is 4.39 Å². The molecule has 0 spiro atoms. The normalized spacial score (nSPS) is 13.4. The van der Waals surface area contributed by atoms with E-state index in [0.29, 0.717) is 5.56 Å². The maximum atomic E-state index is 13.0. The highest BCUT2D eigenvalue weighted by Gasteiger charge is 2.18. The predicted molar refractivity (Wildman–Crippen MR) is 73.1 cm³/mol. The van der Waals surface area contributed by atoms with Crippen LogP contribution in [0.5, 0.6) is 0 Å². The third-order valence-electron chi connectivity index (χ3n) is 3.21. The second-order valence-electron chi connectivity index (χ2n) is 4.40. The van der Waals surface area contributed by atoms with Crippen molar-refractivity contribution in [2.75, 3.05) is 23.3 Å². The lowest BCUT2D eigenvalue weighted by molar-refractivity contribution is 0.627. The molecular weight excluding hydrogens is 241 g/mol. The Morgan fingerprint density at radius 1 is 1.16 bits per heavy atom. The van der Waals surface area contributed by atoms with E-state index in [2.05, 4.69) is 16.3 Å². The quantitative estimate of drug-likeness (QED) is 0.847. The third-order valence-corrected chi connectivity index (χ3v) is 3.21. The molecule has 0 saturated heterocycles. The highest BCUT2D eigenvalue weighted by Crippen LogP contribution is 2.35. The first kappa shape index (κ1) is 11.5. The monoisotopic (exact) mass is 253 g/mol. The number of hydrogen-bond donors (Lipinski definition) is 1. The summed E-state index contributed by atoms with van der Waals surface area (Å²) in [5.74, 6) is -0.237. The molecule has 1 aliphatic rings. The highest BCUT2D eigenvalue weighted by atomic mass is 19.1. The predicted octanol–water partition coefficient (Wildman–Crippen LogP) is 3.26. The number of rotatable bonds is 1. The summed E-state index contributed by atoms with van der Waals surface area (Å²) >= 11 is 0. The fourth-order valence-corrected chi connectivity index (χ4v) is 2.29. The van der Waals surface area contributed by atoms with Crippen LogP contribution in [0.4, 0.5) is 21.5 Å². The number of nitrogens with one attached hydrogen (secondary N) is 1. The molecule has 0 saturated carbocycles. The Balaban J connectivity index is 2.03. The van der Waals surface area contributed by atoms with Gasteiger partial charge in [0.15, 0.2) is 0 Å². The van der Waals surface area contributed by atoms with Gasteiger partial charge in [0.2, 0.25) is 0 Å². The van der Waals surface area contributed by atoms with Crippen molar-refractivity contribution >= 4 is 17.1 Å². The van der Waals surface area contributed by atoms with Gasteiger partial charge in [0.1, 0.15) is 5.82 Å². The van der Waals surface area contributed by atoms with E-state index in [-0.39, 0.29) is 5.82 Å². The minimum absolute atomic E-state index is 0.237. The molecule has 0 aromatic heterocycles. The lowest BCUT2D eigenvalue weighted by Crippen LogP contribution is -2.30. The smallest absolute Gasteiger partial charge is 0.123 e. The number of benzene rings is 2. The number of nitrogens with zero attached hydrogens (tertiary/aromatic N) is 2. The van der Waals surface area contributed by atoms with E-state index in [1.165, 1.54) is 12.1 Å². The summed E-state index contributed by atoms with van der Waals surface area (Å²) in [7, 11) is 0. The number of halogens is 1. The van der Waals surface area contributed by atoms with Crippen LogP contribution in [0.3, 0.4) is 0 Å². The lowest BCUT2D eigenvalue weighted by Gasteiger charge is -2.32. The Labute approximate surface area is 110 Å². The first-order valence-corrected chi connectivity index (χ1v) is 6.09. The first-order chi connectivity index (χ1) is 9.28. The summed E-state index contributed by atoms with van der Waals surface area (Å²) in [5, 5.41) is 12.2. The molecular formula is C15H12FN3. The summed E-state index contributed by atoms with van der Waals surface area (Å²) < 4.78 is 13.0. The standard InChI is InChI=1S/C15H12FN3/c16-12-2-4-13(5-3-12)19-8-7-18-14-9-11(10-17)1-6-15(14)19/h1-6,9,18H,7-8H2. The van der Waals surface area contributed by atoms with Crippen molar-refractivity contribution in [3.8, 4) is 6.07 Å². The molecule has 0 bridgehead atoms. The number of fused-ring (bicyclic) bond motifs is 1. The summed E-state index contributed by atoms with van der Waals surface area (Å²) in [6.07, 6.45) is 0. The van der Waals surface area contributed by atoms with Gasteiger partial charge >= 0.3 is 0 Å². The zero-order valence-electron chi connectivity index (χ0n) is 10.2. The summed E-state index contributed by atoms with van der Waals surface area (Å²) in [4.78, 5) is 2.12. The molecule has 1 aliphatic heterocycles.